The molecule has 0 saturated heterocycles. The van der Waals surface area contributed by atoms with Gasteiger partial charge in [0.15, 0.2) is 11.5 Å². The highest BCUT2D eigenvalue weighted by atomic mass is 32.2. The van der Waals surface area contributed by atoms with Crippen molar-refractivity contribution in [2.24, 2.45) is 0 Å². The number of carbonyl (C=O) groups excluding carboxylic acids is 1. The van der Waals surface area contributed by atoms with Crippen molar-refractivity contribution < 1.29 is 32.2 Å². The van der Waals surface area contributed by atoms with Gasteiger partial charge in [0.25, 0.3) is 5.91 Å². The maximum atomic E-state index is 12.7. The first-order valence-corrected chi connectivity index (χ1v) is 10.4. The van der Waals surface area contributed by atoms with E-state index in [1.54, 1.807) is 25.3 Å². The van der Waals surface area contributed by atoms with Crippen LogP contribution in [0.25, 0.3) is 0 Å². The van der Waals surface area contributed by atoms with Gasteiger partial charge in [-0.3, -0.25) is 4.79 Å². The van der Waals surface area contributed by atoms with Crippen LogP contribution in [-0.2, 0) is 14.8 Å². The Kier molecular flexibility index (Phi) is 8.04. The quantitative estimate of drug-likeness (QED) is 0.568. The third-order valence-corrected chi connectivity index (χ3v) is 5.99. The van der Waals surface area contributed by atoms with Gasteiger partial charge in [0.2, 0.25) is 10.0 Å². The fourth-order valence-corrected chi connectivity index (χ4v) is 3.60. The van der Waals surface area contributed by atoms with Crippen LogP contribution in [0.5, 0.6) is 17.2 Å². The third-order valence-electron chi connectivity index (χ3n) is 4.15. The summed E-state index contributed by atoms with van der Waals surface area (Å²) in [6.07, 6.45) is 0. The van der Waals surface area contributed by atoms with E-state index >= 15 is 0 Å². The molecule has 30 heavy (non-hydrogen) atoms. The topological polar surface area (TPSA) is 103 Å². The molecule has 2 aromatic rings. The van der Waals surface area contributed by atoms with Crippen LogP contribution in [0.1, 0.15) is 10.4 Å². The zero-order valence-electron chi connectivity index (χ0n) is 17.6. The minimum atomic E-state index is -3.80. The second kappa shape index (κ2) is 10.3. The molecule has 10 heteroatoms. The van der Waals surface area contributed by atoms with Crippen molar-refractivity contribution in [3.63, 3.8) is 0 Å². The van der Waals surface area contributed by atoms with Gasteiger partial charge in [-0.05, 0) is 30.3 Å². The number of benzene rings is 2. The van der Waals surface area contributed by atoms with E-state index in [4.69, 9.17) is 18.9 Å². The Morgan fingerprint density at radius 3 is 2.20 bits per heavy atom. The highest BCUT2D eigenvalue weighted by molar-refractivity contribution is 7.89. The second-order valence-electron chi connectivity index (χ2n) is 6.31. The van der Waals surface area contributed by atoms with Gasteiger partial charge in [0.05, 0.1) is 20.8 Å². The van der Waals surface area contributed by atoms with Crippen LogP contribution in [0.4, 0.5) is 5.69 Å². The maximum absolute atomic E-state index is 12.7. The molecule has 1 amide bonds. The summed E-state index contributed by atoms with van der Waals surface area (Å²) in [5.41, 5.74) is 0.620. The Balaban J connectivity index is 2.31. The molecule has 9 nitrogen and oxygen atoms in total. The Morgan fingerprint density at radius 2 is 1.60 bits per heavy atom. The van der Waals surface area contributed by atoms with Gasteiger partial charge in [0, 0.05) is 38.5 Å². The molecule has 0 saturated carbocycles. The van der Waals surface area contributed by atoms with Gasteiger partial charge < -0.3 is 24.3 Å². The number of nitrogens with one attached hydrogen (secondary N) is 1. The maximum Gasteiger partial charge on any atom is 0.255 e. The summed E-state index contributed by atoms with van der Waals surface area (Å²) in [6.45, 7) is 0.712. The summed E-state index contributed by atoms with van der Waals surface area (Å²) in [5, 5.41) is 2.73. The van der Waals surface area contributed by atoms with Crippen molar-refractivity contribution in [2.75, 3.05) is 54.0 Å². The Morgan fingerprint density at radius 1 is 0.933 bits per heavy atom. The van der Waals surface area contributed by atoms with Gasteiger partial charge in [-0.2, -0.15) is 0 Å². The highest BCUT2D eigenvalue weighted by Crippen LogP contribution is 2.31. The number of carbonyl (C=O) groups is 1. The van der Waals surface area contributed by atoms with E-state index in [1.165, 1.54) is 46.5 Å². The van der Waals surface area contributed by atoms with Crippen LogP contribution < -0.4 is 19.5 Å². The molecule has 164 valence electrons. The van der Waals surface area contributed by atoms with Gasteiger partial charge in [-0.1, -0.05) is 0 Å². The Labute approximate surface area is 176 Å². The molecular formula is C20H26N2O7S. The lowest BCUT2D eigenvalue weighted by Gasteiger charge is -2.16. The summed E-state index contributed by atoms with van der Waals surface area (Å²) >= 11 is 0. The van der Waals surface area contributed by atoms with Crippen molar-refractivity contribution in [3.8, 4) is 17.2 Å². The summed E-state index contributed by atoms with van der Waals surface area (Å²) < 4.78 is 47.2. The molecule has 0 spiro atoms. The van der Waals surface area contributed by atoms with Crippen molar-refractivity contribution in [1.82, 2.24) is 4.31 Å². The molecular weight excluding hydrogens is 412 g/mol. The van der Waals surface area contributed by atoms with E-state index < -0.39 is 15.9 Å². The van der Waals surface area contributed by atoms with E-state index in [2.05, 4.69) is 5.32 Å². The Bertz CT molecular complexity index is 991. The summed E-state index contributed by atoms with van der Waals surface area (Å²) in [7, 11) is 3.46. The first-order valence-electron chi connectivity index (χ1n) is 8.96. The van der Waals surface area contributed by atoms with Crippen molar-refractivity contribution in [2.45, 2.75) is 4.90 Å². The molecule has 0 aliphatic heterocycles. The molecule has 2 aromatic carbocycles. The average Bonchev–Trinajstić information content (AvgIpc) is 2.73. The van der Waals surface area contributed by atoms with Gasteiger partial charge in [-0.15, -0.1) is 0 Å². The van der Waals surface area contributed by atoms with Crippen LogP contribution in [-0.4, -0.2) is 67.3 Å². The number of ether oxygens (including phenoxy) is 4. The van der Waals surface area contributed by atoms with Crippen LogP contribution in [0, 0.1) is 0 Å². The Hall–Kier alpha value is -2.82. The van der Waals surface area contributed by atoms with Crippen LogP contribution in [0.3, 0.4) is 0 Å². The first kappa shape index (κ1) is 23.5. The fourth-order valence-electron chi connectivity index (χ4n) is 2.52. The average molecular weight is 439 g/mol. The number of methoxy groups -OCH3 is 3. The summed E-state index contributed by atoms with van der Waals surface area (Å²) in [4.78, 5) is 12.6. The summed E-state index contributed by atoms with van der Waals surface area (Å²) in [5.74, 6) is 0.616. The minimum absolute atomic E-state index is 0.0963. The van der Waals surface area contributed by atoms with Crippen molar-refractivity contribution in [1.29, 1.82) is 0 Å². The third kappa shape index (κ3) is 5.41. The van der Waals surface area contributed by atoms with Crippen LogP contribution in [0.2, 0.25) is 0 Å². The lowest BCUT2D eigenvalue weighted by molar-refractivity contribution is 0.102. The molecule has 0 aliphatic rings. The van der Waals surface area contributed by atoms with E-state index in [0.29, 0.717) is 30.4 Å². The smallest absolute Gasteiger partial charge is 0.255 e. The molecule has 0 fully saturated rings. The predicted octanol–water partition coefficient (Wildman–Crippen LogP) is 2.23. The number of amides is 1. The van der Waals surface area contributed by atoms with Gasteiger partial charge in [-0.25, -0.2) is 12.7 Å². The predicted molar refractivity (Wildman–Crippen MR) is 112 cm³/mol. The van der Waals surface area contributed by atoms with Crippen molar-refractivity contribution >= 4 is 21.6 Å². The van der Waals surface area contributed by atoms with Crippen LogP contribution in [0.15, 0.2) is 41.3 Å². The molecule has 0 heterocycles. The number of hydrogen-bond acceptors (Lipinski definition) is 7. The molecule has 2 rings (SSSR count). The molecule has 0 unspecified atom stereocenters. The SMILES string of the molecule is COCCOc1cc(NC(=O)c2ccc(OC)c(S(=O)(=O)N(C)C)c2)ccc1OC. The number of anilines is 1. The van der Waals surface area contributed by atoms with E-state index in [9.17, 15) is 13.2 Å². The molecule has 0 bridgehead atoms. The molecule has 0 radical (unpaired) electrons. The largest absolute Gasteiger partial charge is 0.495 e. The lowest BCUT2D eigenvalue weighted by atomic mass is 10.2. The normalized spacial score (nSPS) is 11.3. The van der Waals surface area contributed by atoms with E-state index in [0.717, 1.165) is 4.31 Å². The second-order valence-corrected chi connectivity index (χ2v) is 8.43. The molecule has 0 atom stereocenters. The minimum Gasteiger partial charge on any atom is -0.495 e. The van der Waals surface area contributed by atoms with Gasteiger partial charge in [0.1, 0.15) is 17.3 Å². The number of hydrogen-bond donors (Lipinski definition) is 1. The first-order chi connectivity index (χ1) is 14.2. The lowest BCUT2D eigenvalue weighted by Crippen LogP contribution is -2.23. The molecule has 1 N–H and O–H groups in total. The number of rotatable bonds is 10. The monoisotopic (exact) mass is 438 g/mol. The van der Waals surface area contributed by atoms with E-state index in [-0.39, 0.29) is 16.2 Å². The number of sulfonamides is 1. The molecule has 0 aromatic heterocycles. The zero-order valence-corrected chi connectivity index (χ0v) is 18.4. The zero-order chi connectivity index (χ0) is 22.3. The fraction of sp³-hybridized carbons (Fsp3) is 0.350. The van der Waals surface area contributed by atoms with E-state index in [1.807, 2.05) is 0 Å². The van der Waals surface area contributed by atoms with Gasteiger partial charge >= 0.3 is 0 Å². The summed E-state index contributed by atoms with van der Waals surface area (Å²) in [6, 6.07) is 9.14. The highest BCUT2D eigenvalue weighted by Gasteiger charge is 2.24. The van der Waals surface area contributed by atoms with Crippen molar-refractivity contribution in [3.05, 3.63) is 42.0 Å². The van der Waals surface area contributed by atoms with Crippen LogP contribution >= 0.6 is 0 Å². The molecule has 0 aliphatic carbocycles. The standard InChI is InChI=1S/C20H26N2O7S/c1-22(2)30(24,25)19-12-14(6-8-17(19)28-5)20(23)21-15-7-9-16(27-4)18(13-15)29-11-10-26-3/h6-9,12-13H,10-11H2,1-5H3,(H,21,23). The number of nitrogens with zero attached hydrogens (tertiary/aromatic N) is 1.